The van der Waals surface area contributed by atoms with Gasteiger partial charge < -0.3 is 19.9 Å². The molecule has 2 amide bonds. The van der Waals surface area contributed by atoms with Crippen LogP contribution in [0.5, 0.6) is 5.75 Å². The Bertz CT molecular complexity index is 1710. The maximum absolute atomic E-state index is 14.6. The highest BCUT2D eigenvalue weighted by Gasteiger charge is 2.32. The molecular weight excluding hydrogens is 643 g/mol. The van der Waals surface area contributed by atoms with Gasteiger partial charge in [0.1, 0.15) is 34.1 Å². The second-order valence-corrected chi connectivity index (χ2v) is 12.0. The first-order chi connectivity index (χ1) is 22.1. The lowest BCUT2D eigenvalue weighted by Gasteiger charge is -2.26. The minimum Gasteiger partial charge on any atom is -0.492 e. The predicted octanol–water partition coefficient (Wildman–Crippen LogP) is 5.41. The lowest BCUT2D eigenvalue weighted by Crippen LogP contribution is -2.38. The Morgan fingerprint density at radius 3 is 2.54 bits per heavy atom. The van der Waals surface area contributed by atoms with Crippen molar-refractivity contribution in [2.24, 2.45) is 0 Å². The van der Waals surface area contributed by atoms with Gasteiger partial charge in [-0.25, -0.2) is 18.0 Å². The van der Waals surface area contributed by atoms with Crippen molar-refractivity contribution in [3.8, 4) is 16.9 Å². The first-order valence-electron chi connectivity index (χ1n) is 14.2. The highest BCUT2D eigenvalue weighted by Crippen LogP contribution is 2.36. The highest BCUT2D eigenvalue weighted by molar-refractivity contribution is 8.26. The summed E-state index contributed by atoms with van der Waals surface area (Å²) in [5, 5.41) is 11.4. The Morgan fingerprint density at radius 1 is 1.02 bits per heavy atom. The van der Waals surface area contributed by atoms with Crippen LogP contribution >= 0.6 is 24.0 Å². The topological polar surface area (TPSA) is 108 Å². The Kier molecular flexibility index (Phi) is 10.7. The van der Waals surface area contributed by atoms with Crippen LogP contribution in [0.1, 0.15) is 22.3 Å². The van der Waals surface area contributed by atoms with Crippen molar-refractivity contribution in [2.75, 3.05) is 51.3 Å². The van der Waals surface area contributed by atoms with E-state index < -0.39 is 40.8 Å². The third-order valence-electron chi connectivity index (χ3n) is 7.22. The fraction of sp³-hybridized carbons (Fsp3) is 0.250. The molecular formula is C32H28F3N3O6S2. The van der Waals surface area contributed by atoms with Gasteiger partial charge in [0.25, 0.3) is 5.91 Å². The molecule has 0 aliphatic carbocycles. The van der Waals surface area contributed by atoms with Crippen LogP contribution in [0.3, 0.4) is 0 Å². The summed E-state index contributed by atoms with van der Waals surface area (Å²) in [5.41, 5.74) is 0.413. The number of carboxylic acid groups (broad SMARTS) is 1. The number of carbonyl (C=O) groups is 3. The normalized spacial score (nSPS) is 16.2. The Balaban J connectivity index is 1.31. The maximum atomic E-state index is 14.6. The predicted molar refractivity (Wildman–Crippen MR) is 171 cm³/mol. The molecule has 5 rings (SSSR count). The number of carboxylic acids is 1. The number of anilines is 1. The molecule has 2 heterocycles. The van der Waals surface area contributed by atoms with Gasteiger partial charge in [0, 0.05) is 49.4 Å². The average Bonchev–Trinajstić information content (AvgIpc) is 3.29. The molecule has 2 N–H and O–H groups in total. The van der Waals surface area contributed by atoms with Crippen molar-refractivity contribution in [3.05, 3.63) is 88.1 Å². The smallest absolute Gasteiger partial charge is 0.338 e. The zero-order chi connectivity index (χ0) is 32.8. The average molecular weight is 672 g/mol. The first kappa shape index (κ1) is 33.1. The number of morpholine rings is 1. The van der Waals surface area contributed by atoms with Gasteiger partial charge in [-0.3, -0.25) is 19.4 Å². The van der Waals surface area contributed by atoms with Gasteiger partial charge in [0.05, 0.1) is 23.7 Å². The number of benzene rings is 3. The molecule has 0 bridgehead atoms. The summed E-state index contributed by atoms with van der Waals surface area (Å²) in [6.07, 6.45) is 1.39. The van der Waals surface area contributed by atoms with Crippen LogP contribution in [0.25, 0.3) is 17.2 Å². The number of carbonyl (C=O) groups excluding carboxylic acids is 2. The van der Waals surface area contributed by atoms with Gasteiger partial charge >= 0.3 is 5.97 Å². The zero-order valence-corrected chi connectivity index (χ0v) is 25.9. The molecule has 0 spiro atoms. The van der Waals surface area contributed by atoms with E-state index in [2.05, 4.69) is 10.2 Å². The lowest BCUT2D eigenvalue weighted by atomic mass is 10.0. The van der Waals surface area contributed by atoms with Gasteiger partial charge in [-0.1, -0.05) is 30.0 Å². The van der Waals surface area contributed by atoms with Crippen LogP contribution in [0.15, 0.2) is 59.5 Å². The van der Waals surface area contributed by atoms with Crippen molar-refractivity contribution >= 4 is 57.8 Å². The number of halogens is 3. The van der Waals surface area contributed by atoms with Crippen LogP contribution in [0.2, 0.25) is 0 Å². The Hall–Kier alpha value is -4.24. The van der Waals surface area contributed by atoms with Crippen molar-refractivity contribution in [2.45, 2.75) is 6.42 Å². The first-order valence-corrected chi connectivity index (χ1v) is 15.4. The van der Waals surface area contributed by atoms with Crippen LogP contribution < -0.4 is 10.1 Å². The summed E-state index contributed by atoms with van der Waals surface area (Å²) in [4.78, 5) is 40.6. The molecule has 9 nitrogen and oxygen atoms in total. The molecule has 0 unspecified atom stereocenters. The molecule has 0 atom stereocenters. The number of thiocarbonyl (C=S) groups is 1. The summed E-state index contributed by atoms with van der Waals surface area (Å²) in [5.74, 6) is -4.21. The molecule has 14 heteroatoms. The van der Waals surface area contributed by atoms with Crippen LogP contribution in [0.4, 0.5) is 18.9 Å². The van der Waals surface area contributed by atoms with Gasteiger partial charge in [0.2, 0.25) is 5.91 Å². The third kappa shape index (κ3) is 8.12. The minimum atomic E-state index is -1.43. The number of nitrogens with one attached hydrogen (secondary N) is 1. The molecule has 240 valence electrons. The van der Waals surface area contributed by atoms with Gasteiger partial charge in [-0.15, -0.1) is 0 Å². The third-order valence-corrected chi connectivity index (χ3v) is 8.60. The van der Waals surface area contributed by atoms with Gasteiger partial charge in [-0.2, -0.15) is 0 Å². The standard InChI is InChI=1S/C32H28F3N3O6S2/c33-21-2-5-25(34)24(17-21)19-1-6-27(44-14-11-37-9-12-43-13-10-37)20(15-19)16-28-30(40)38(32(45)46-28)8-7-29(39)36-22-3-4-23(31(41)42)26(35)18-22/h1-6,15-18H,7-14H2,(H,36,39)(H,41,42)/b28-16-. The summed E-state index contributed by atoms with van der Waals surface area (Å²) < 4.78 is 54.3. The maximum Gasteiger partial charge on any atom is 0.338 e. The van der Waals surface area contributed by atoms with E-state index in [-0.39, 0.29) is 33.4 Å². The number of hydrogen-bond donors (Lipinski definition) is 2. The van der Waals surface area contributed by atoms with Gasteiger partial charge in [0.15, 0.2) is 0 Å². The Morgan fingerprint density at radius 2 is 1.80 bits per heavy atom. The molecule has 3 aromatic carbocycles. The molecule has 0 radical (unpaired) electrons. The van der Waals surface area contributed by atoms with Crippen molar-refractivity contribution in [1.82, 2.24) is 9.80 Å². The fourth-order valence-corrected chi connectivity index (χ4v) is 6.13. The molecule has 0 saturated carbocycles. The number of thioether (sulfide) groups is 1. The summed E-state index contributed by atoms with van der Waals surface area (Å²) in [6, 6.07) is 11.2. The molecule has 2 fully saturated rings. The number of hydrogen-bond acceptors (Lipinski definition) is 8. The number of ether oxygens (including phenoxy) is 2. The van der Waals surface area contributed by atoms with E-state index >= 15 is 0 Å². The van der Waals surface area contributed by atoms with E-state index in [4.69, 9.17) is 26.8 Å². The zero-order valence-electron chi connectivity index (χ0n) is 24.3. The summed E-state index contributed by atoms with van der Waals surface area (Å²) in [7, 11) is 0. The van der Waals surface area contributed by atoms with Crippen LogP contribution in [0, 0.1) is 17.5 Å². The van der Waals surface area contributed by atoms with Gasteiger partial charge in [-0.05, 0) is 60.2 Å². The number of amides is 2. The van der Waals surface area contributed by atoms with Crippen molar-refractivity contribution in [3.63, 3.8) is 0 Å². The van der Waals surface area contributed by atoms with E-state index in [1.807, 2.05) is 0 Å². The largest absolute Gasteiger partial charge is 0.492 e. The summed E-state index contributed by atoms with van der Waals surface area (Å²) in [6.45, 7) is 3.76. The van der Waals surface area contributed by atoms with E-state index in [1.165, 1.54) is 11.0 Å². The lowest BCUT2D eigenvalue weighted by molar-refractivity contribution is -0.122. The van der Waals surface area contributed by atoms with Crippen LogP contribution in [-0.4, -0.2) is 83.0 Å². The molecule has 0 aromatic heterocycles. The van der Waals surface area contributed by atoms with E-state index in [9.17, 15) is 27.6 Å². The quantitative estimate of drug-likeness (QED) is 0.204. The van der Waals surface area contributed by atoms with E-state index in [1.54, 1.807) is 24.3 Å². The molecule has 2 aliphatic heterocycles. The van der Waals surface area contributed by atoms with Crippen molar-refractivity contribution < 1.29 is 42.1 Å². The number of aromatic carboxylic acids is 1. The molecule has 3 aromatic rings. The monoisotopic (exact) mass is 671 g/mol. The van der Waals surface area contributed by atoms with E-state index in [0.29, 0.717) is 43.2 Å². The second kappa shape index (κ2) is 14.9. The Labute approximate surface area is 272 Å². The minimum absolute atomic E-state index is 0.0468. The van der Waals surface area contributed by atoms with Crippen LogP contribution in [-0.2, 0) is 14.3 Å². The molecule has 2 aliphatic rings. The van der Waals surface area contributed by atoms with Crippen molar-refractivity contribution in [1.29, 1.82) is 0 Å². The second-order valence-electron chi connectivity index (χ2n) is 10.3. The fourth-order valence-electron chi connectivity index (χ4n) is 4.83. The number of rotatable bonds is 11. The molecule has 46 heavy (non-hydrogen) atoms. The molecule has 2 saturated heterocycles. The number of nitrogens with zero attached hydrogens (tertiary/aromatic N) is 2. The highest BCUT2D eigenvalue weighted by atomic mass is 32.2. The SMILES string of the molecule is O=C(CCN1C(=O)/C(=C/c2cc(-c3cc(F)ccc3F)ccc2OCCN2CCOCC2)SC1=S)Nc1ccc(C(=O)O)c(F)c1. The van der Waals surface area contributed by atoms with E-state index in [0.717, 1.165) is 55.2 Å². The summed E-state index contributed by atoms with van der Waals surface area (Å²) >= 11 is 6.43.